The average molecular weight is 257 g/mol. The first kappa shape index (κ1) is 14.3. The number of methoxy groups -OCH3 is 2. The summed E-state index contributed by atoms with van der Waals surface area (Å²) in [5.41, 5.74) is 0. The van der Waals surface area contributed by atoms with Crippen LogP contribution in [0.15, 0.2) is 0 Å². The van der Waals surface area contributed by atoms with Crippen molar-refractivity contribution in [3.8, 4) is 0 Å². The molecule has 2 aliphatic rings. The largest absolute Gasteiger partial charge is 0.375 e. The maximum absolute atomic E-state index is 6.21. The number of piperidine rings is 1. The summed E-state index contributed by atoms with van der Waals surface area (Å²) in [5, 5.41) is 3.38. The van der Waals surface area contributed by atoms with E-state index in [9.17, 15) is 0 Å². The molecular formula is C14H27NO3. The fourth-order valence-corrected chi connectivity index (χ4v) is 3.18. The molecule has 0 radical (unpaired) electrons. The Morgan fingerprint density at radius 3 is 1.94 bits per heavy atom. The Hall–Kier alpha value is -0.160. The van der Waals surface area contributed by atoms with E-state index in [1.165, 1.54) is 12.8 Å². The smallest absolute Gasteiger partial charge is 0.159 e. The molecule has 2 rings (SSSR count). The molecule has 4 nitrogen and oxygen atoms in total. The van der Waals surface area contributed by atoms with Crippen molar-refractivity contribution in [2.45, 2.75) is 57.0 Å². The van der Waals surface area contributed by atoms with E-state index in [0.29, 0.717) is 18.1 Å². The zero-order valence-electron chi connectivity index (χ0n) is 11.7. The number of hydrogen-bond donors (Lipinski definition) is 1. The molecule has 0 unspecified atom stereocenters. The molecule has 0 amide bonds. The van der Waals surface area contributed by atoms with E-state index in [-0.39, 0.29) is 6.29 Å². The van der Waals surface area contributed by atoms with Crippen LogP contribution in [0.2, 0.25) is 0 Å². The highest BCUT2D eigenvalue weighted by molar-refractivity contribution is 4.77. The van der Waals surface area contributed by atoms with Gasteiger partial charge in [0.2, 0.25) is 0 Å². The molecule has 1 heterocycles. The fraction of sp³-hybridized carbons (Fsp3) is 1.00. The quantitative estimate of drug-likeness (QED) is 0.764. The minimum Gasteiger partial charge on any atom is -0.375 e. The van der Waals surface area contributed by atoms with Crippen LogP contribution < -0.4 is 5.32 Å². The third kappa shape index (κ3) is 3.92. The summed E-state index contributed by atoms with van der Waals surface area (Å²) in [6.07, 6.45) is 7.84. The molecule has 1 saturated carbocycles. The van der Waals surface area contributed by atoms with E-state index in [1.807, 2.05) is 0 Å². The molecule has 0 spiro atoms. The molecule has 0 bridgehead atoms. The molecule has 0 aromatic carbocycles. The van der Waals surface area contributed by atoms with Crippen LogP contribution in [0.3, 0.4) is 0 Å². The van der Waals surface area contributed by atoms with Gasteiger partial charge in [0.05, 0.1) is 12.2 Å². The maximum atomic E-state index is 6.21. The van der Waals surface area contributed by atoms with E-state index in [1.54, 1.807) is 14.2 Å². The van der Waals surface area contributed by atoms with Crippen LogP contribution in [0.5, 0.6) is 0 Å². The summed E-state index contributed by atoms with van der Waals surface area (Å²) in [5.74, 6) is 0.535. The van der Waals surface area contributed by atoms with Gasteiger partial charge in [-0.05, 0) is 51.6 Å². The highest BCUT2D eigenvalue weighted by Crippen LogP contribution is 2.31. The van der Waals surface area contributed by atoms with Crippen LogP contribution in [0.25, 0.3) is 0 Å². The molecule has 0 atom stereocenters. The number of rotatable bonds is 5. The Bertz CT molecular complexity index is 219. The van der Waals surface area contributed by atoms with Gasteiger partial charge in [-0.1, -0.05) is 0 Å². The lowest BCUT2D eigenvalue weighted by atomic mass is 9.86. The van der Waals surface area contributed by atoms with E-state index in [2.05, 4.69) is 5.32 Å². The Morgan fingerprint density at radius 2 is 1.39 bits per heavy atom. The Labute approximate surface area is 110 Å². The highest BCUT2D eigenvalue weighted by atomic mass is 16.7. The van der Waals surface area contributed by atoms with Crippen molar-refractivity contribution in [2.24, 2.45) is 5.92 Å². The Morgan fingerprint density at radius 1 is 0.833 bits per heavy atom. The van der Waals surface area contributed by atoms with Gasteiger partial charge in [0.1, 0.15) is 0 Å². The predicted molar refractivity (Wildman–Crippen MR) is 70.5 cm³/mol. The van der Waals surface area contributed by atoms with Gasteiger partial charge in [-0.25, -0.2) is 0 Å². The maximum Gasteiger partial charge on any atom is 0.159 e. The summed E-state index contributed by atoms with van der Waals surface area (Å²) in [4.78, 5) is 0. The van der Waals surface area contributed by atoms with Gasteiger partial charge >= 0.3 is 0 Å². The first-order chi connectivity index (χ1) is 8.83. The SMILES string of the molecule is COC(OC)[C@H]1CC[C@H](OC2CCNCC2)CC1. The van der Waals surface area contributed by atoms with Gasteiger partial charge < -0.3 is 19.5 Å². The van der Waals surface area contributed by atoms with Crippen molar-refractivity contribution in [2.75, 3.05) is 27.3 Å². The van der Waals surface area contributed by atoms with Crippen LogP contribution in [0.1, 0.15) is 38.5 Å². The topological polar surface area (TPSA) is 39.7 Å². The van der Waals surface area contributed by atoms with Crippen LogP contribution >= 0.6 is 0 Å². The molecule has 1 N–H and O–H groups in total. The Balaban J connectivity index is 1.69. The first-order valence-electron chi connectivity index (χ1n) is 7.25. The van der Waals surface area contributed by atoms with E-state index >= 15 is 0 Å². The van der Waals surface area contributed by atoms with Gasteiger partial charge in [-0.2, -0.15) is 0 Å². The van der Waals surface area contributed by atoms with Gasteiger partial charge in [0, 0.05) is 20.1 Å². The van der Waals surface area contributed by atoms with Crippen molar-refractivity contribution >= 4 is 0 Å². The summed E-state index contributed by atoms with van der Waals surface area (Å²) in [6, 6.07) is 0. The summed E-state index contributed by atoms with van der Waals surface area (Å²) in [6.45, 7) is 2.21. The van der Waals surface area contributed by atoms with Crippen LogP contribution in [-0.2, 0) is 14.2 Å². The second-order valence-electron chi connectivity index (χ2n) is 5.46. The third-order valence-electron chi connectivity index (χ3n) is 4.24. The summed E-state index contributed by atoms with van der Waals surface area (Å²) < 4.78 is 16.9. The van der Waals surface area contributed by atoms with Crippen molar-refractivity contribution < 1.29 is 14.2 Å². The van der Waals surface area contributed by atoms with Crippen molar-refractivity contribution in [3.05, 3.63) is 0 Å². The Kier molecular flexibility index (Phi) is 5.89. The van der Waals surface area contributed by atoms with Crippen molar-refractivity contribution in [1.82, 2.24) is 5.32 Å². The standard InChI is InChI=1S/C14H27NO3/c1-16-14(17-2)11-3-5-12(6-4-11)18-13-7-9-15-10-8-13/h11-15H,3-10H2,1-2H3/t11-,12-. The number of hydrogen-bond acceptors (Lipinski definition) is 4. The molecule has 1 saturated heterocycles. The van der Waals surface area contributed by atoms with E-state index in [4.69, 9.17) is 14.2 Å². The monoisotopic (exact) mass is 257 g/mol. The first-order valence-corrected chi connectivity index (χ1v) is 7.25. The number of ether oxygens (including phenoxy) is 3. The lowest BCUT2D eigenvalue weighted by molar-refractivity contribution is -0.153. The van der Waals surface area contributed by atoms with Gasteiger partial charge in [0.25, 0.3) is 0 Å². The normalized spacial score (nSPS) is 30.8. The van der Waals surface area contributed by atoms with Crippen molar-refractivity contribution in [1.29, 1.82) is 0 Å². The van der Waals surface area contributed by atoms with Crippen molar-refractivity contribution in [3.63, 3.8) is 0 Å². The molecule has 1 aliphatic carbocycles. The molecule has 4 heteroatoms. The molecule has 0 aromatic rings. The van der Waals surface area contributed by atoms with Crippen LogP contribution in [0.4, 0.5) is 0 Å². The molecule has 0 aromatic heterocycles. The zero-order valence-corrected chi connectivity index (χ0v) is 11.7. The highest BCUT2D eigenvalue weighted by Gasteiger charge is 2.29. The average Bonchev–Trinajstić information content (AvgIpc) is 2.43. The van der Waals surface area contributed by atoms with E-state index < -0.39 is 0 Å². The van der Waals surface area contributed by atoms with Gasteiger partial charge in [0.15, 0.2) is 6.29 Å². The van der Waals surface area contributed by atoms with Gasteiger partial charge in [-0.15, -0.1) is 0 Å². The second-order valence-corrected chi connectivity index (χ2v) is 5.46. The minimum atomic E-state index is -0.0372. The lowest BCUT2D eigenvalue weighted by Crippen LogP contribution is -2.37. The van der Waals surface area contributed by atoms with E-state index in [0.717, 1.165) is 38.8 Å². The van der Waals surface area contributed by atoms with Crippen LogP contribution in [0, 0.1) is 5.92 Å². The molecule has 1 aliphatic heterocycles. The minimum absolute atomic E-state index is 0.0372. The summed E-state index contributed by atoms with van der Waals surface area (Å²) in [7, 11) is 3.46. The molecule has 2 fully saturated rings. The molecule has 106 valence electrons. The lowest BCUT2D eigenvalue weighted by Gasteiger charge is -2.35. The zero-order chi connectivity index (χ0) is 12.8. The van der Waals surface area contributed by atoms with Gasteiger partial charge in [-0.3, -0.25) is 0 Å². The van der Waals surface area contributed by atoms with Crippen LogP contribution in [-0.4, -0.2) is 45.8 Å². The molecule has 18 heavy (non-hydrogen) atoms. The fourth-order valence-electron chi connectivity index (χ4n) is 3.18. The third-order valence-corrected chi connectivity index (χ3v) is 4.24. The second kappa shape index (κ2) is 7.43. The number of nitrogens with one attached hydrogen (secondary N) is 1. The predicted octanol–water partition coefficient (Wildman–Crippen LogP) is 1.93. The summed E-state index contributed by atoms with van der Waals surface area (Å²) >= 11 is 0. The molecular weight excluding hydrogens is 230 g/mol.